The molecule has 90 valence electrons. The third-order valence-corrected chi connectivity index (χ3v) is 3.58. The van der Waals surface area contributed by atoms with E-state index in [0.717, 1.165) is 28.5 Å². The number of thiazole rings is 1. The van der Waals surface area contributed by atoms with Gasteiger partial charge < -0.3 is 10.6 Å². The Hall–Kier alpha value is -1.10. The van der Waals surface area contributed by atoms with Gasteiger partial charge in [-0.15, -0.1) is 11.3 Å². The second-order valence-electron chi connectivity index (χ2n) is 3.78. The molecule has 0 saturated heterocycles. The number of nitrogens with two attached hydrogens (primary N) is 1. The molecule has 1 aromatic heterocycles. The Morgan fingerprint density at radius 3 is 2.94 bits per heavy atom. The van der Waals surface area contributed by atoms with Crippen molar-refractivity contribution < 1.29 is 0 Å². The van der Waals surface area contributed by atoms with Crippen LogP contribution in [0.2, 0.25) is 5.02 Å². The second-order valence-corrected chi connectivity index (χ2v) is 4.90. The van der Waals surface area contributed by atoms with Gasteiger partial charge in [0.1, 0.15) is 0 Å². The summed E-state index contributed by atoms with van der Waals surface area (Å²) < 4.78 is 0. The first-order valence-corrected chi connectivity index (χ1v) is 6.60. The summed E-state index contributed by atoms with van der Waals surface area (Å²) in [5.74, 6) is 0. The first-order chi connectivity index (χ1) is 8.22. The van der Waals surface area contributed by atoms with Gasteiger partial charge >= 0.3 is 0 Å². The third-order valence-electron chi connectivity index (χ3n) is 2.59. The highest BCUT2D eigenvalue weighted by molar-refractivity contribution is 7.07. The molecular formula is C12H14ClN3S. The lowest BCUT2D eigenvalue weighted by Crippen LogP contribution is -2.19. The average Bonchev–Trinajstić information content (AvgIpc) is 2.81. The summed E-state index contributed by atoms with van der Waals surface area (Å²) in [6.45, 7) is 1.20. The van der Waals surface area contributed by atoms with Gasteiger partial charge in [0, 0.05) is 35.2 Å². The van der Waals surface area contributed by atoms with Gasteiger partial charge in [-0.3, -0.25) is 0 Å². The van der Waals surface area contributed by atoms with Crippen molar-refractivity contribution in [3.63, 3.8) is 0 Å². The van der Waals surface area contributed by atoms with E-state index in [4.69, 9.17) is 17.3 Å². The number of hydrogen-bond acceptors (Lipinski definition) is 4. The first kappa shape index (κ1) is 12.4. The van der Waals surface area contributed by atoms with Gasteiger partial charge in [-0.05, 0) is 12.1 Å². The van der Waals surface area contributed by atoms with Crippen molar-refractivity contribution in [2.75, 3.05) is 11.9 Å². The summed E-state index contributed by atoms with van der Waals surface area (Å²) in [5.41, 5.74) is 10.7. The van der Waals surface area contributed by atoms with Crippen LogP contribution in [0.5, 0.6) is 0 Å². The van der Waals surface area contributed by atoms with E-state index < -0.39 is 0 Å². The van der Waals surface area contributed by atoms with E-state index in [1.807, 2.05) is 36.1 Å². The van der Waals surface area contributed by atoms with Gasteiger partial charge in [-0.2, -0.15) is 0 Å². The molecule has 0 unspecified atom stereocenters. The van der Waals surface area contributed by atoms with Crippen molar-refractivity contribution in [2.24, 2.45) is 5.73 Å². The Morgan fingerprint density at radius 2 is 2.29 bits per heavy atom. The maximum atomic E-state index is 6.14. The molecule has 0 radical (unpaired) electrons. The van der Waals surface area contributed by atoms with Crippen LogP contribution in [-0.4, -0.2) is 12.0 Å². The zero-order valence-electron chi connectivity index (χ0n) is 9.56. The van der Waals surface area contributed by atoms with Crippen LogP contribution in [-0.2, 0) is 13.1 Å². The second kappa shape index (κ2) is 5.49. The van der Waals surface area contributed by atoms with Crippen LogP contribution in [0.3, 0.4) is 0 Å². The Labute approximate surface area is 110 Å². The number of nitrogens with zero attached hydrogens (tertiary/aromatic N) is 2. The fourth-order valence-electron chi connectivity index (χ4n) is 1.75. The van der Waals surface area contributed by atoms with Crippen LogP contribution >= 0.6 is 22.9 Å². The lowest BCUT2D eigenvalue weighted by molar-refractivity contribution is 0.880. The van der Waals surface area contributed by atoms with Crippen LogP contribution in [0, 0.1) is 0 Å². The van der Waals surface area contributed by atoms with Gasteiger partial charge in [0.15, 0.2) is 0 Å². The molecule has 3 nitrogen and oxygen atoms in total. The number of hydrogen-bond donors (Lipinski definition) is 1. The molecule has 0 bridgehead atoms. The van der Waals surface area contributed by atoms with E-state index in [1.165, 1.54) is 0 Å². The number of aromatic nitrogens is 1. The highest BCUT2D eigenvalue weighted by Crippen LogP contribution is 2.27. The molecule has 0 aliphatic carbocycles. The molecule has 0 atom stereocenters. The highest BCUT2D eigenvalue weighted by Gasteiger charge is 2.10. The molecular weight excluding hydrogens is 254 g/mol. The summed E-state index contributed by atoms with van der Waals surface area (Å²) in [4.78, 5) is 6.39. The predicted molar refractivity (Wildman–Crippen MR) is 73.6 cm³/mol. The minimum atomic E-state index is 0.441. The molecule has 5 heteroatoms. The van der Waals surface area contributed by atoms with E-state index >= 15 is 0 Å². The van der Waals surface area contributed by atoms with Crippen molar-refractivity contribution >= 4 is 28.6 Å². The van der Waals surface area contributed by atoms with Crippen LogP contribution in [0.1, 0.15) is 11.3 Å². The van der Waals surface area contributed by atoms with Crippen molar-refractivity contribution in [1.29, 1.82) is 0 Å². The number of benzene rings is 1. The molecule has 0 aliphatic rings. The smallest absolute Gasteiger partial charge is 0.0795 e. The number of anilines is 1. The quantitative estimate of drug-likeness (QED) is 0.926. The van der Waals surface area contributed by atoms with E-state index in [9.17, 15) is 0 Å². The van der Waals surface area contributed by atoms with Crippen molar-refractivity contribution in [1.82, 2.24) is 4.98 Å². The molecule has 0 spiro atoms. The molecule has 0 amide bonds. The summed E-state index contributed by atoms with van der Waals surface area (Å²) in [5, 5.41) is 2.76. The normalized spacial score (nSPS) is 10.5. The molecule has 2 aromatic rings. The summed E-state index contributed by atoms with van der Waals surface area (Å²) in [7, 11) is 2.02. The summed E-state index contributed by atoms with van der Waals surface area (Å²) >= 11 is 7.74. The fourth-order valence-corrected chi connectivity index (χ4v) is 2.55. The molecule has 1 aromatic carbocycles. The Kier molecular flexibility index (Phi) is 3.99. The number of halogens is 1. The van der Waals surface area contributed by atoms with Gasteiger partial charge in [0.25, 0.3) is 0 Å². The standard InChI is InChI=1S/C12H14ClN3S/c1-16(6-9-7-17-8-15-9)12-4-2-3-11(13)10(12)5-14/h2-4,7-8H,5-6,14H2,1H3. The van der Waals surface area contributed by atoms with E-state index in [0.29, 0.717) is 6.54 Å². The van der Waals surface area contributed by atoms with Crippen LogP contribution in [0.25, 0.3) is 0 Å². The Bertz CT molecular complexity index is 485. The van der Waals surface area contributed by atoms with Crippen LogP contribution in [0.4, 0.5) is 5.69 Å². The van der Waals surface area contributed by atoms with E-state index in [2.05, 4.69) is 9.88 Å². The zero-order chi connectivity index (χ0) is 12.3. The van der Waals surface area contributed by atoms with Crippen LogP contribution < -0.4 is 10.6 Å². The van der Waals surface area contributed by atoms with Gasteiger partial charge in [0.2, 0.25) is 0 Å². The molecule has 17 heavy (non-hydrogen) atoms. The van der Waals surface area contributed by atoms with Gasteiger partial charge in [0.05, 0.1) is 17.7 Å². The molecule has 2 rings (SSSR count). The third kappa shape index (κ3) is 2.77. The predicted octanol–water partition coefficient (Wildman–Crippen LogP) is 2.89. The maximum Gasteiger partial charge on any atom is 0.0795 e. The van der Waals surface area contributed by atoms with Crippen molar-refractivity contribution in [2.45, 2.75) is 13.1 Å². The summed E-state index contributed by atoms with van der Waals surface area (Å²) in [6.07, 6.45) is 0. The van der Waals surface area contributed by atoms with E-state index in [1.54, 1.807) is 11.3 Å². The van der Waals surface area contributed by atoms with Gasteiger partial charge in [-0.1, -0.05) is 17.7 Å². The first-order valence-electron chi connectivity index (χ1n) is 5.28. The maximum absolute atomic E-state index is 6.14. The Balaban J connectivity index is 2.24. The lowest BCUT2D eigenvalue weighted by Gasteiger charge is -2.21. The van der Waals surface area contributed by atoms with E-state index in [-0.39, 0.29) is 0 Å². The topological polar surface area (TPSA) is 42.2 Å². The molecule has 2 N–H and O–H groups in total. The minimum Gasteiger partial charge on any atom is -0.368 e. The lowest BCUT2D eigenvalue weighted by atomic mass is 10.1. The molecule has 0 aliphatic heterocycles. The zero-order valence-corrected chi connectivity index (χ0v) is 11.1. The molecule has 0 fully saturated rings. The van der Waals surface area contributed by atoms with Crippen molar-refractivity contribution in [3.8, 4) is 0 Å². The average molecular weight is 268 g/mol. The molecule has 1 heterocycles. The van der Waals surface area contributed by atoms with Crippen molar-refractivity contribution in [3.05, 3.63) is 45.4 Å². The SMILES string of the molecule is CN(Cc1cscn1)c1cccc(Cl)c1CN. The monoisotopic (exact) mass is 267 g/mol. The Morgan fingerprint density at radius 1 is 1.47 bits per heavy atom. The fraction of sp³-hybridized carbons (Fsp3) is 0.250. The molecule has 0 saturated carbocycles. The minimum absolute atomic E-state index is 0.441. The van der Waals surface area contributed by atoms with Gasteiger partial charge in [-0.25, -0.2) is 4.98 Å². The highest BCUT2D eigenvalue weighted by atomic mass is 35.5. The number of rotatable bonds is 4. The van der Waals surface area contributed by atoms with Crippen LogP contribution in [0.15, 0.2) is 29.1 Å². The summed E-state index contributed by atoms with van der Waals surface area (Å²) in [6, 6.07) is 5.83. The largest absolute Gasteiger partial charge is 0.368 e.